The van der Waals surface area contributed by atoms with Gasteiger partial charge in [0.05, 0.1) is 54.1 Å². The zero-order valence-electron chi connectivity index (χ0n) is 32.5. The molecule has 14 nitrogen and oxygen atoms in total. The average Bonchev–Trinajstić information content (AvgIpc) is 3.98. The molecule has 18 heteroatoms. The summed E-state index contributed by atoms with van der Waals surface area (Å²) >= 11 is 1.63. The molecule has 0 unspecified atom stereocenters. The van der Waals surface area contributed by atoms with Crippen molar-refractivity contribution >= 4 is 99.0 Å². The Hall–Kier alpha value is -4.13. The minimum atomic E-state index is -0.688. The summed E-state index contributed by atoms with van der Waals surface area (Å²) in [4.78, 5) is 73.1. The number of hydrogen-bond acceptors (Lipinski definition) is 9. The normalized spacial score (nSPS) is 17.3. The maximum atomic E-state index is 13.6. The molecular weight excluding hydrogens is 805 g/mol. The third-order valence-corrected chi connectivity index (χ3v) is 11.0. The second-order valence-corrected chi connectivity index (χ2v) is 15.3. The first kappa shape index (κ1) is 49.0. The molecule has 57 heavy (non-hydrogen) atoms. The van der Waals surface area contributed by atoms with Gasteiger partial charge in [-0.1, -0.05) is 47.3 Å². The van der Waals surface area contributed by atoms with E-state index in [4.69, 9.17) is 14.5 Å². The number of aromatic amines is 2. The van der Waals surface area contributed by atoms with E-state index in [0.717, 1.165) is 69.4 Å². The van der Waals surface area contributed by atoms with Gasteiger partial charge in [-0.05, 0) is 73.4 Å². The van der Waals surface area contributed by atoms with Crippen molar-refractivity contribution in [1.29, 1.82) is 0 Å². The molecule has 6 rings (SSSR count). The fraction of sp³-hybridized carbons (Fsp3) is 0.487. The van der Waals surface area contributed by atoms with Crippen LogP contribution in [0.5, 0.6) is 0 Å². The highest BCUT2D eigenvalue weighted by Gasteiger charge is 2.39. The van der Waals surface area contributed by atoms with Gasteiger partial charge in [-0.15, -0.1) is 11.3 Å². The molecule has 4 N–H and O–H groups in total. The summed E-state index contributed by atoms with van der Waals surface area (Å²) in [5, 5.41) is 5.39. The van der Waals surface area contributed by atoms with E-state index in [1.165, 1.54) is 14.2 Å². The molecule has 5 heterocycles. The van der Waals surface area contributed by atoms with Crippen LogP contribution in [0, 0.1) is 11.8 Å². The molecule has 1 aromatic carbocycles. The monoisotopic (exact) mass is 862 g/mol. The number of fused-ring (bicyclic) bond motifs is 1. The predicted molar refractivity (Wildman–Crippen MR) is 241 cm³/mol. The highest BCUT2D eigenvalue weighted by Crippen LogP contribution is 2.35. The van der Waals surface area contributed by atoms with Crippen molar-refractivity contribution in [2.45, 2.75) is 85.0 Å². The first-order valence-electron chi connectivity index (χ1n) is 18.1. The smallest absolute Gasteiger partial charge is 0.407 e. The van der Waals surface area contributed by atoms with Gasteiger partial charge in [0.15, 0.2) is 0 Å². The van der Waals surface area contributed by atoms with Crippen molar-refractivity contribution in [3.05, 3.63) is 58.6 Å². The Balaban J connectivity index is 0.00000280. The molecule has 2 saturated heterocycles. The van der Waals surface area contributed by atoms with Gasteiger partial charge < -0.3 is 39.9 Å². The standard InChI is InChI=1S/C38H48N8O6S.CH4.3H2S/c1-21(2)31(43-37(49)51-5)35(47)45-17-7-9-28(45)33-39-20-27(42-33)30-16-14-24(53-30)13-11-23-12-15-25-26(19-23)41-34(40-25)29-10-8-18-46(29)36(48)32(22(3)4)44-38(50)52-6;;;;/h11-16,19-22,28-29,31-32H,7-10,17-18H2,1-6H3,(H,39,42)(H,40,41)(H,43,49)(H,44,50);1H4;3*1H2/b13-11+;;;;/t28-,29-,31-,32-;;;;/m0..../s1. The number of alkyl carbamates (subject to hydrolysis) is 2. The highest BCUT2D eigenvalue weighted by atomic mass is 32.1. The summed E-state index contributed by atoms with van der Waals surface area (Å²) in [6.45, 7) is 8.79. The van der Waals surface area contributed by atoms with Gasteiger partial charge in [-0.3, -0.25) is 9.59 Å². The summed E-state index contributed by atoms with van der Waals surface area (Å²) in [5.41, 5.74) is 3.58. The molecule has 0 aliphatic carbocycles. The second kappa shape index (κ2) is 21.6. The first-order chi connectivity index (χ1) is 25.5. The number of imidazole rings is 2. The lowest BCUT2D eigenvalue weighted by molar-refractivity contribution is -0.136. The van der Waals surface area contributed by atoms with Crippen LogP contribution in [0.25, 0.3) is 33.8 Å². The van der Waals surface area contributed by atoms with E-state index in [9.17, 15) is 19.2 Å². The van der Waals surface area contributed by atoms with Gasteiger partial charge in [0, 0.05) is 18.0 Å². The number of hydrogen-bond donors (Lipinski definition) is 4. The lowest BCUT2D eigenvalue weighted by atomic mass is 10.0. The fourth-order valence-corrected chi connectivity index (χ4v) is 7.97. The molecule has 2 aliphatic rings. The molecule has 2 fully saturated rings. The number of likely N-dealkylation sites (tertiary alicyclic amines) is 2. The average molecular weight is 863 g/mol. The van der Waals surface area contributed by atoms with Crippen LogP contribution in [0.2, 0.25) is 0 Å². The van der Waals surface area contributed by atoms with Crippen molar-refractivity contribution in [3.63, 3.8) is 0 Å². The van der Waals surface area contributed by atoms with Gasteiger partial charge >= 0.3 is 12.2 Å². The van der Waals surface area contributed by atoms with Crippen LogP contribution in [0.15, 0.2) is 36.5 Å². The van der Waals surface area contributed by atoms with Crippen LogP contribution in [0.4, 0.5) is 9.59 Å². The number of methoxy groups -OCH3 is 2. The molecule has 314 valence electrons. The Morgan fingerprint density at radius 1 is 0.807 bits per heavy atom. The number of amides is 4. The van der Waals surface area contributed by atoms with Crippen LogP contribution < -0.4 is 10.6 Å². The van der Waals surface area contributed by atoms with Crippen molar-refractivity contribution < 1.29 is 28.7 Å². The van der Waals surface area contributed by atoms with E-state index in [1.807, 2.05) is 61.9 Å². The minimum Gasteiger partial charge on any atom is -0.453 e. The van der Waals surface area contributed by atoms with Crippen molar-refractivity contribution in [2.24, 2.45) is 11.8 Å². The minimum absolute atomic E-state index is 0. The molecule has 0 bridgehead atoms. The lowest BCUT2D eigenvalue weighted by Crippen LogP contribution is -2.51. The number of rotatable bonds is 11. The number of nitrogens with zero attached hydrogens (tertiary/aromatic N) is 4. The SMILES string of the molecule is C.COC(=O)N[C@H](C(=O)N1CCC[C@H]1c1ncc(-c2ccc(/C=C/c3ccc4nc([C@@H]5CCCN5C(=O)[C@@H](NC(=O)OC)C(C)C)[nH]c4c3)s2)[nH]1)C(C)C.S.S.S. The quantitative estimate of drug-likeness (QED) is 0.122. The van der Waals surface area contributed by atoms with Crippen molar-refractivity contribution in [2.75, 3.05) is 27.3 Å². The van der Waals surface area contributed by atoms with Crippen LogP contribution >= 0.6 is 51.8 Å². The second-order valence-electron chi connectivity index (χ2n) is 14.2. The molecule has 0 spiro atoms. The van der Waals surface area contributed by atoms with Gasteiger partial charge in [-0.25, -0.2) is 19.6 Å². The fourth-order valence-electron chi connectivity index (χ4n) is 7.09. The Morgan fingerprint density at radius 3 is 1.91 bits per heavy atom. The van der Waals surface area contributed by atoms with E-state index >= 15 is 0 Å². The van der Waals surface area contributed by atoms with Gasteiger partial charge in [0.2, 0.25) is 11.8 Å². The number of carbonyl (C=O) groups excluding carboxylic acids is 4. The molecular formula is C39H58N8O6S4. The lowest BCUT2D eigenvalue weighted by Gasteiger charge is -2.30. The number of aromatic nitrogens is 4. The van der Waals surface area contributed by atoms with Crippen molar-refractivity contribution in [1.82, 2.24) is 40.4 Å². The maximum absolute atomic E-state index is 13.6. The molecule has 4 aromatic rings. The van der Waals surface area contributed by atoms with Gasteiger partial charge in [0.1, 0.15) is 23.7 Å². The summed E-state index contributed by atoms with van der Waals surface area (Å²) < 4.78 is 9.50. The highest BCUT2D eigenvalue weighted by molar-refractivity contribution is 7.59. The molecule has 0 radical (unpaired) electrons. The zero-order valence-corrected chi connectivity index (χ0v) is 36.3. The van der Waals surface area contributed by atoms with Crippen LogP contribution in [0.1, 0.15) is 95.0 Å². The summed E-state index contributed by atoms with van der Waals surface area (Å²) in [6, 6.07) is 8.37. The summed E-state index contributed by atoms with van der Waals surface area (Å²) in [7, 11) is 2.58. The number of benzene rings is 1. The molecule has 4 amide bonds. The Kier molecular flexibility index (Phi) is 18.6. The predicted octanol–water partition coefficient (Wildman–Crippen LogP) is 7.25. The molecule has 2 aliphatic heterocycles. The maximum Gasteiger partial charge on any atom is 0.407 e. The van der Waals surface area contributed by atoms with E-state index in [-0.39, 0.29) is 83.6 Å². The number of thiophene rings is 1. The Bertz CT molecular complexity index is 1990. The number of carbonyl (C=O) groups is 4. The van der Waals surface area contributed by atoms with Crippen LogP contribution in [-0.2, 0) is 19.1 Å². The number of nitrogens with one attached hydrogen (secondary N) is 4. The van der Waals surface area contributed by atoms with E-state index in [0.29, 0.717) is 13.1 Å². The molecule has 0 saturated carbocycles. The zero-order chi connectivity index (χ0) is 37.8. The first-order valence-corrected chi connectivity index (χ1v) is 18.9. The van der Waals surface area contributed by atoms with Crippen LogP contribution in [0.3, 0.4) is 0 Å². The third-order valence-electron chi connectivity index (χ3n) is 9.94. The van der Waals surface area contributed by atoms with E-state index < -0.39 is 24.3 Å². The Morgan fingerprint density at radius 2 is 1.37 bits per heavy atom. The van der Waals surface area contributed by atoms with E-state index in [1.54, 1.807) is 11.3 Å². The largest absolute Gasteiger partial charge is 0.453 e. The topological polar surface area (TPSA) is 175 Å². The van der Waals surface area contributed by atoms with Gasteiger partial charge in [0.25, 0.3) is 0 Å². The number of H-pyrrole nitrogens is 2. The number of ether oxygens (including phenoxy) is 2. The summed E-state index contributed by atoms with van der Waals surface area (Å²) in [5.74, 6) is 0.974. The summed E-state index contributed by atoms with van der Waals surface area (Å²) in [6.07, 6.45) is 7.95. The van der Waals surface area contributed by atoms with Crippen LogP contribution in [-0.4, -0.2) is 93.1 Å². The van der Waals surface area contributed by atoms with Gasteiger partial charge in [-0.2, -0.15) is 40.5 Å². The van der Waals surface area contributed by atoms with Crippen molar-refractivity contribution in [3.8, 4) is 10.6 Å². The third kappa shape index (κ3) is 11.1. The molecule has 4 atom stereocenters. The molecule has 3 aromatic heterocycles. The Labute approximate surface area is 359 Å². The van der Waals surface area contributed by atoms with E-state index in [2.05, 4.69) is 49.9 Å².